The highest BCUT2D eigenvalue weighted by Crippen LogP contribution is 2.59. The van der Waals surface area contributed by atoms with Crippen LogP contribution in [0.15, 0.2) is 42.0 Å². The molecule has 3 aliphatic rings. The molecule has 1 saturated carbocycles. The number of esters is 1. The molecule has 0 aromatic heterocycles. The first-order chi connectivity index (χ1) is 16.3. The van der Waals surface area contributed by atoms with E-state index in [1.54, 1.807) is 13.2 Å². The normalized spacial score (nSPS) is 34.1. The van der Waals surface area contributed by atoms with Gasteiger partial charge >= 0.3 is 5.97 Å². The van der Waals surface area contributed by atoms with Crippen LogP contribution in [0.2, 0.25) is 0 Å². The highest BCUT2D eigenvalue weighted by Gasteiger charge is 2.72. The minimum Gasteiger partial charge on any atom is -0.456 e. The number of anilines is 1. The van der Waals surface area contributed by atoms with Gasteiger partial charge in [-0.2, -0.15) is 0 Å². The quantitative estimate of drug-likeness (QED) is 0.232. The second-order valence-corrected chi connectivity index (χ2v) is 9.96. The van der Waals surface area contributed by atoms with Gasteiger partial charge in [0.15, 0.2) is 0 Å². The Morgan fingerprint density at radius 2 is 2.15 bits per heavy atom. The zero-order chi connectivity index (χ0) is 24.3. The maximum Gasteiger partial charge on any atom is 0.331 e. The lowest BCUT2D eigenvalue weighted by atomic mass is 9.68. The number of epoxide rings is 2. The number of ether oxygens (including phenoxy) is 4. The van der Waals surface area contributed by atoms with Crippen molar-refractivity contribution in [1.29, 1.82) is 0 Å². The molecule has 0 bridgehead atoms. The molecule has 186 valence electrons. The van der Waals surface area contributed by atoms with Gasteiger partial charge in [0, 0.05) is 25.4 Å². The maximum atomic E-state index is 12.7. The Bertz CT molecular complexity index is 935. The lowest BCUT2D eigenvalue weighted by Crippen LogP contribution is -2.55. The molecule has 1 aromatic rings. The number of benzene rings is 1. The van der Waals surface area contributed by atoms with Crippen LogP contribution in [0, 0.1) is 5.92 Å². The van der Waals surface area contributed by atoms with Gasteiger partial charge in [-0.05, 0) is 63.8 Å². The monoisotopic (exact) mass is 471 g/mol. The number of allylic oxidation sites excluding steroid dienone is 1. The summed E-state index contributed by atoms with van der Waals surface area (Å²) in [5, 5.41) is 12.1. The summed E-state index contributed by atoms with van der Waals surface area (Å²) < 4.78 is 24.0. The molecule has 34 heavy (non-hydrogen) atoms. The SMILES string of the molecule is CO[C@@H]1[C@H](OC(=O)/C=C/c2cccc(NCCO)c2)CC[C@]2(CO2)[C@H]1[C@]1(C)O[C@H]1CC=C(C)C. The third-order valence-electron chi connectivity index (χ3n) is 7.24. The van der Waals surface area contributed by atoms with E-state index >= 15 is 0 Å². The lowest BCUT2D eigenvalue weighted by Gasteiger charge is -2.42. The van der Waals surface area contributed by atoms with Gasteiger partial charge in [-0.1, -0.05) is 23.8 Å². The topological polar surface area (TPSA) is 92.9 Å². The maximum absolute atomic E-state index is 12.7. The second-order valence-electron chi connectivity index (χ2n) is 9.96. The Kier molecular flexibility index (Phi) is 7.48. The fraction of sp³-hybridized carbons (Fsp3) is 0.593. The molecule has 6 atom stereocenters. The van der Waals surface area contributed by atoms with Crippen molar-refractivity contribution < 1.29 is 28.8 Å². The van der Waals surface area contributed by atoms with Gasteiger partial charge in [0.25, 0.3) is 0 Å². The molecule has 2 saturated heterocycles. The largest absolute Gasteiger partial charge is 0.456 e. The molecule has 2 aliphatic heterocycles. The second kappa shape index (κ2) is 10.2. The number of rotatable bonds is 10. The van der Waals surface area contributed by atoms with E-state index < -0.39 is 5.97 Å². The minimum absolute atomic E-state index is 0.00497. The summed E-state index contributed by atoms with van der Waals surface area (Å²) in [6, 6.07) is 7.64. The van der Waals surface area contributed by atoms with Gasteiger partial charge < -0.3 is 29.4 Å². The molecule has 0 radical (unpaired) electrons. The average Bonchev–Trinajstić information content (AvgIpc) is 3.73. The third kappa shape index (κ3) is 5.38. The molecule has 2 heterocycles. The van der Waals surface area contributed by atoms with Crippen LogP contribution < -0.4 is 5.32 Å². The van der Waals surface area contributed by atoms with Crippen molar-refractivity contribution in [1.82, 2.24) is 0 Å². The Morgan fingerprint density at radius 1 is 1.35 bits per heavy atom. The van der Waals surface area contributed by atoms with Crippen LogP contribution in [0.25, 0.3) is 6.08 Å². The molecular formula is C27H37NO6. The number of hydrogen-bond acceptors (Lipinski definition) is 7. The lowest BCUT2D eigenvalue weighted by molar-refractivity contribution is -0.166. The van der Waals surface area contributed by atoms with Gasteiger partial charge in [-0.25, -0.2) is 4.79 Å². The van der Waals surface area contributed by atoms with Crippen molar-refractivity contribution in [2.45, 2.75) is 69.5 Å². The molecule has 0 unspecified atom stereocenters. The van der Waals surface area contributed by atoms with Crippen LogP contribution in [0.3, 0.4) is 0 Å². The van der Waals surface area contributed by atoms with Gasteiger partial charge in [0.05, 0.1) is 25.2 Å². The van der Waals surface area contributed by atoms with Crippen molar-refractivity contribution in [2.24, 2.45) is 5.92 Å². The van der Waals surface area contributed by atoms with Gasteiger partial charge in [-0.3, -0.25) is 0 Å². The minimum atomic E-state index is -0.393. The summed E-state index contributed by atoms with van der Waals surface area (Å²) in [5.41, 5.74) is 2.43. The van der Waals surface area contributed by atoms with Crippen LogP contribution in [-0.4, -0.2) is 67.5 Å². The van der Waals surface area contributed by atoms with Crippen LogP contribution in [-0.2, 0) is 23.7 Å². The highest BCUT2D eigenvalue weighted by molar-refractivity contribution is 5.87. The molecule has 1 aliphatic carbocycles. The van der Waals surface area contributed by atoms with Crippen molar-refractivity contribution in [3.8, 4) is 0 Å². The van der Waals surface area contributed by atoms with E-state index in [1.165, 1.54) is 11.6 Å². The van der Waals surface area contributed by atoms with E-state index in [0.717, 1.165) is 24.1 Å². The predicted octanol–water partition coefficient (Wildman–Crippen LogP) is 3.72. The first kappa shape index (κ1) is 24.9. The molecule has 2 N–H and O–H groups in total. The van der Waals surface area contributed by atoms with E-state index in [2.05, 4.69) is 32.2 Å². The van der Waals surface area contributed by atoms with E-state index in [4.69, 9.17) is 24.1 Å². The predicted molar refractivity (Wildman–Crippen MR) is 130 cm³/mol. The van der Waals surface area contributed by atoms with Gasteiger partial charge in [-0.15, -0.1) is 0 Å². The average molecular weight is 472 g/mol. The number of nitrogens with one attached hydrogen (secondary N) is 1. The first-order valence-electron chi connectivity index (χ1n) is 12.1. The van der Waals surface area contributed by atoms with Crippen LogP contribution in [0.5, 0.6) is 0 Å². The molecular weight excluding hydrogens is 434 g/mol. The van der Waals surface area contributed by atoms with Gasteiger partial charge in [0.2, 0.25) is 0 Å². The number of methoxy groups -OCH3 is 1. The van der Waals surface area contributed by atoms with Gasteiger partial charge in [0.1, 0.15) is 23.4 Å². The van der Waals surface area contributed by atoms with Crippen LogP contribution in [0.4, 0.5) is 5.69 Å². The number of aliphatic hydroxyl groups is 1. The smallest absolute Gasteiger partial charge is 0.331 e. The Labute approximate surface area is 202 Å². The fourth-order valence-electron chi connectivity index (χ4n) is 5.38. The molecule has 7 nitrogen and oxygen atoms in total. The Hall–Kier alpha value is -2.19. The van der Waals surface area contributed by atoms with Crippen molar-refractivity contribution in [3.05, 3.63) is 47.6 Å². The Morgan fingerprint density at radius 3 is 2.82 bits per heavy atom. The van der Waals surface area contributed by atoms with E-state index in [0.29, 0.717) is 19.6 Å². The summed E-state index contributed by atoms with van der Waals surface area (Å²) in [7, 11) is 1.68. The summed E-state index contributed by atoms with van der Waals surface area (Å²) in [4.78, 5) is 12.7. The first-order valence-corrected chi connectivity index (χ1v) is 12.1. The summed E-state index contributed by atoms with van der Waals surface area (Å²) in [6.45, 7) is 7.55. The molecule has 0 amide bonds. The number of carbonyl (C=O) groups is 1. The summed E-state index contributed by atoms with van der Waals surface area (Å²) >= 11 is 0. The van der Waals surface area contributed by atoms with Crippen LogP contribution in [0.1, 0.15) is 45.6 Å². The zero-order valence-electron chi connectivity index (χ0n) is 20.6. The van der Waals surface area contributed by atoms with E-state index in [9.17, 15) is 4.79 Å². The zero-order valence-corrected chi connectivity index (χ0v) is 20.6. The molecule has 3 fully saturated rings. The number of carbonyl (C=O) groups excluding carboxylic acids is 1. The van der Waals surface area contributed by atoms with Crippen molar-refractivity contribution in [3.63, 3.8) is 0 Å². The number of hydrogen-bond donors (Lipinski definition) is 2. The van der Waals surface area contributed by atoms with Crippen molar-refractivity contribution in [2.75, 3.05) is 32.2 Å². The van der Waals surface area contributed by atoms with Crippen LogP contribution >= 0.6 is 0 Å². The highest BCUT2D eigenvalue weighted by atomic mass is 16.6. The molecule has 1 spiro atoms. The molecule has 4 rings (SSSR count). The summed E-state index contributed by atoms with van der Waals surface area (Å²) in [6.07, 6.45) is 7.26. The number of aliphatic hydroxyl groups excluding tert-OH is 1. The third-order valence-corrected chi connectivity index (χ3v) is 7.24. The molecule has 1 aromatic carbocycles. The van der Waals surface area contributed by atoms with E-state index in [-0.39, 0.29) is 42.0 Å². The molecule has 7 heteroatoms. The summed E-state index contributed by atoms with van der Waals surface area (Å²) in [5.74, 6) is -0.388. The van der Waals surface area contributed by atoms with Crippen molar-refractivity contribution >= 4 is 17.7 Å². The standard InChI is InChI=1S/C27H37NO6/c1-18(2)8-10-22-26(3,34-22)25-24(31-4)21(12-13-27(25)17-32-27)33-23(30)11-9-19-6-5-7-20(16-19)28-14-15-29/h5-9,11,16,21-22,24-25,28-29H,10,12-15,17H2,1-4H3/b11-9+/t21-,22+,24-,25-,26-,27+/m1/s1. The fourth-order valence-corrected chi connectivity index (χ4v) is 5.38. The van der Waals surface area contributed by atoms with E-state index in [1.807, 2.05) is 24.3 Å². The Balaban J connectivity index is 1.42.